The molecule has 0 aromatic heterocycles. The number of ether oxygens (including phenoxy) is 1. The van der Waals surface area contributed by atoms with E-state index in [1.807, 2.05) is 49.4 Å². The van der Waals surface area contributed by atoms with Gasteiger partial charge >= 0.3 is 0 Å². The Kier molecular flexibility index (Phi) is 5.03. The number of benzene rings is 2. The van der Waals surface area contributed by atoms with Gasteiger partial charge in [-0.05, 0) is 48.7 Å². The van der Waals surface area contributed by atoms with Crippen LogP contribution in [0.3, 0.4) is 0 Å². The molecule has 25 heavy (non-hydrogen) atoms. The van der Waals surface area contributed by atoms with Crippen LogP contribution in [0.25, 0.3) is 0 Å². The number of hydrogen-bond acceptors (Lipinski definition) is 3. The monoisotopic (exact) mass is 338 g/mol. The maximum absolute atomic E-state index is 12.3. The van der Waals surface area contributed by atoms with Gasteiger partial charge in [0.05, 0.1) is 13.5 Å². The van der Waals surface area contributed by atoms with Gasteiger partial charge in [0.2, 0.25) is 11.8 Å². The van der Waals surface area contributed by atoms with Gasteiger partial charge < -0.3 is 15.0 Å². The molecule has 2 aromatic rings. The zero-order chi connectivity index (χ0) is 17.8. The minimum absolute atomic E-state index is 0.0901. The Morgan fingerprint density at radius 2 is 1.96 bits per heavy atom. The number of methoxy groups -OCH3 is 1. The Labute approximate surface area is 147 Å². The highest BCUT2D eigenvalue weighted by molar-refractivity contribution is 5.98. The van der Waals surface area contributed by atoms with Gasteiger partial charge in [-0.15, -0.1) is 0 Å². The lowest BCUT2D eigenvalue weighted by Gasteiger charge is -2.19. The fraction of sp³-hybridized carbons (Fsp3) is 0.300. The molecular weight excluding hydrogens is 316 g/mol. The molecule has 3 rings (SSSR count). The Balaban J connectivity index is 1.69. The van der Waals surface area contributed by atoms with Crippen molar-refractivity contribution in [2.24, 2.45) is 0 Å². The Bertz CT molecular complexity index is 784. The summed E-state index contributed by atoms with van der Waals surface area (Å²) in [6.07, 6.45) is 1.76. The van der Waals surface area contributed by atoms with Crippen LogP contribution in [0.2, 0.25) is 0 Å². The average molecular weight is 338 g/mol. The van der Waals surface area contributed by atoms with Crippen LogP contribution in [0, 0.1) is 6.92 Å². The van der Waals surface area contributed by atoms with E-state index in [0.717, 1.165) is 35.5 Å². The lowest BCUT2D eigenvalue weighted by molar-refractivity contribution is -0.117. The third-order valence-corrected chi connectivity index (χ3v) is 4.38. The number of carbonyl (C=O) groups excluding carboxylic acids is 2. The average Bonchev–Trinajstić information content (AvgIpc) is 3.03. The smallest absolute Gasteiger partial charge is 0.228 e. The van der Waals surface area contributed by atoms with Crippen molar-refractivity contribution in [1.29, 1.82) is 0 Å². The number of anilines is 2. The molecule has 130 valence electrons. The minimum Gasteiger partial charge on any atom is -0.497 e. The van der Waals surface area contributed by atoms with Crippen LogP contribution >= 0.6 is 0 Å². The lowest BCUT2D eigenvalue weighted by Crippen LogP contribution is -2.24. The Hall–Kier alpha value is -2.82. The standard InChI is InChI=1S/C20H22N2O3/c1-14-5-8-16(13-18(14)22-11-3-4-20(22)24)21-19(23)12-15-6-9-17(25-2)10-7-15/h5-10,13H,3-4,11-12H2,1-2H3,(H,21,23). The molecule has 2 amide bonds. The fourth-order valence-electron chi connectivity index (χ4n) is 3.01. The van der Waals surface area contributed by atoms with Crippen LogP contribution in [-0.4, -0.2) is 25.5 Å². The van der Waals surface area contributed by atoms with Crippen LogP contribution in [0.4, 0.5) is 11.4 Å². The molecule has 5 nitrogen and oxygen atoms in total. The predicted octanol–water partition coefficient (Wildman–Crippen LogP) is 3.31. The topological polar surface area (TPSA) is 58.6 Å². The maximum Gasteiger partial charge on any atom is 0.228 e. The van der Waals surface area contributed by atoms with Gasteiger partial charge in [-0.1, -0.05) is 18.2 Å². The molecule has 1 aliphatic heterocycles. The van der Waals surface area contributed by atoms with Crippen molar-refractivity contribution in [3.05, 3.63) is 53.6 Å². The van der Waals surface area contributed by atoms with Gasteiger partial charge in [-0.25, -0.2) is 0 Å². The molecule has 0 unspecified atom stereocenters. The van der Waals surface area contributed by atoms with E-state index in [0.29, 0.717) is 12.1 Å². The summed E-state index contributed by atoms with van der Waals surface area (Å²) in [7, 11) is 1.61. The number of nitrogens with one attached hydrogen (secondary N) is 1. The third-order valence-electron chi connectivity index (χ3n) is 4.38. The molecular formula is C20H22N2O3. The number of hydrogen-bond donors (Lipinski definition) is 1. The van der Waals surface area contributed by atoms with E-state index in [1.54, 1.807) is 12.0 Å². The Morgan fingerprint density at radius 1 is 1.20 bits per heavy atom. The van der Waals surface area contributed by atoms with Crippen molar-refractivity contribution >= 4 is 23.2 Å². The number of carbonyl (C=O) groups is 2. The van der Waals surface area contributed by atoms with Crippen LogP contribution in [0.1, 0.15) is 24.0 Å². The van der Waals surface area contributed by atoms with Crippen molar-refractivity contribution < 1.29 is 14.3 Å². The zero-order valence-corrected chi connectivity index (χ0v) is 14.5. The number of aryl methyl sites for hydroxylation is 1. The molecule has 0 aliphatic carbocycles. The maximum atomic E-state index is 12.3. The summed E-state index contributed by atoms with van der Waals surface area (Å²) in [6.45, 7) is 2.72. The van der Waals surface area contributed by atoms with E-state index in [9.17, 15) is 9.59 Å². The summed E-state index contributed by atoms with van der Waals surface area (Å²) >= 11 is 0. The van der Waals surface area contributed by atoms with Crippen molar-refractivity contribution in [3.8, 4) is 5.75 Å². The summed E-state index contributed by atoms with van der Waals surface area (Å²) in [5.74, 6) is 0.820. The van der Waals surface area contributed by atoms with Crippen molar-refractivity contribution in [1.82, 2.24) is 0 Å². The van der Waals surface area contributed by atoms with E-state index in [1.165, 1.54) is 0 Å². The Morgan fingerprint density at radius 3 is 2.60 bits per heavy atom. The summed E-state index contributed by atoms with van der Waals surface area (Å²) < 4.78 is 5.12. The first-order valence-electron chi connectivity index (χ1n) is 8.40. The number of amides is 2. The third kappa shape index (κ3) is 3.99. The van der Waals surface area contributed by atoms with Crippen LogP contribution in [0.15, 0.2) is 42.5 Å². The van der Waals surface area contributed by atoms with Crippen LogP contribution in [0.5, 0.6) is 5.75 Å². The molecule has 1 saturated heterocycles. The highest BCUT2D eigenvalue weighted by Crippen LogP contribution is 2.28. The second kappa shape index (κ2) is 7.38. The largest absolute Gasteiger partial charge is 0.497 e. The van der Waals surface area contributed by atoms with Crippen molar-refractivity contribution in [3.63, 3.8) is 0 Å². The van der Waals surface area contributed by atoms with Gasteiger partial charge in [0.1, 0.15) is 5.75 Å². The van der Waals surface area contributed by atoms with Gasteiger partial charge in [0, 0.05) is 24.3 Å². The summed E-state index contributed by atoms with van der Waals surface area (Å²) in [4.78, 5) is 26.1. The van der Waals surface area contributed by atoms with Crippen LogP contribution < -0.4 is 15.0 Å². The summed E-state index contributed by atoms with van der Waals surface area (Å²) in [5.41, 5.74) is 3.53. The van der Waals surface area contributed by atoms with E-state index < -0.39 is 0 Å². The van der Waals surface area contributed by atoms with Gasteiger partial charge in [-0.2, -0.15) is 0 Å². The van der Waals surface area contributed by atoms with E-state index >= 15 is 0 Å². The van der Waals surface area contributed by atoms with Crippen molar-refractivity contribution in [2.45, 2.75) is 26.2 Å². The minimum atomic E-state index is -0.0901. The fourth-order valence-corrected chi connectivity index (χ4v) is 3.01. The van der Waals surface area contributed by atoms with Gasteiger partial charge in [0.15, 0.2) is 0 Å². The first-order chi connectivity index (χ1) is 12.1. The molecule has 1 aliphatic rings. The molecule has 1 heterocycles. The first kappa shape index (κ1) is 17.0. The molecule has 0 atom stereocenters. The van der Waals surface area contributed by atoms with E-state index in [2.05, 4.69) is 5.32 Å². The molecule has 0 bridgehead atoms. The van der Waals surface area contributed by atoms with Gasteiger partial charge in [-0.3, -0.25) is 9.59 Å². The molecule has 0 spiro atoms. The molecule has 0 radical (unpaired) electrons. The molecule has 0 saturated carbocycles. The second-order valence-electron chi connectivity index (χ2n) is 6.22. The SMILES string of the molecule is COc1ccc(CC(=O)Nc2ccc(C)c(N3CCCC3=O)c2)cc1. The quantitative estimate of drug-likeness (QED) is 0.910. The number of rotatable bonds is 5. The van der Waals surface area contributed by atoms with E-state index in [-0.39, 0.29) is 18.2 Å². The molecule has 5 heteroatoms. The van der Waals surface area contributed by atoms with E-state index in [4.69, 9.17) is 4.74 Å². The predicted molar refractivity (Wildman–Crippen MR) is 98.1 cm³/mol. The van der Waals surface area contributed by atoms with Crippen molar-refractivity contribution in [2.75, 3.05) is 23.9 Å². The normalized spacial score (nSPS) is 13.8. The second-order valence-corrected chi connectivity index (χ2v) is 6.22. The number of nitrogens with zero attached hydrogens (tertiary/aromatic N) is 1. The highest BCUT2D eigenvalue weighted by Gasteiger charge is 2.23. The van der Waals surface area contributed by atoms with Crippen LogP contribution in [-0.2, 0) is 16.0 Å². The first-order valence-corrected chi connectivity index (χ1v) is 8.40. The summed E-state index contributed by atoms with van der Waals surface area (Å²) in [5, 5.41) is 2.92. The summed E-state index contributed by atoms with van der Waals surface area (Å²) in [6, 6.07) is 13.1. The van der Waals surface area contributed by atoms with Gasteiger partial charge in [0.25, 0.3) is 0 Å². The molecule has 1 fully saturated rings. The molecule has 2 aromatic carbocycles. The molecule has 1 N–H and O–H groups in total. The zero-order valence-electron chi connectivity index (χ0n) is 14.5. The highest BCUT2D eigenvalue weighted by atomic mass is 16.5. The lowest BCUT2D eigenvalue weighted by atomic mass is 10.1.